The van der Waals surface area contributed by atoms with Crippen LogP contribution in [0.5, 0.6) is 11.5 Å². The number of aromatic hydroxyl groups is 1. The van der Waals surface area contributed by atoms with Crippen LogP contribution in [0.3, 0.4) is 0 Å². The van der Waals surface area contributed by atoms with Crippen LogP contribution in [0.1, 0.15) is 0 Å². The van der Waals surface area contributed by atoms with Crippen molar-refractivity contribution in [1.82, 2.24) is 0 Å². The van der Waals surface area contributed by atoms with E-state index in [9.17, 15) is 18.1 Å². The third kappa shape index (κ3) is 6.44. The van der Waals surface area contributed by atoms with Gasteiger partial charge in [-0.3, -0.25) is 0 Å². The number of nitrogens with zero attached hydrogens (tertiary/aromatic N) is 4. The first-order valence-electron chi connectivity index (χ1n) is 8.22. The van der Waals surface area contributed by atoms with Gasteiger partial charge in [0.1, 0.15) is 27.3 Å². The second-order valence-corrected chi connectivity index (χ2v) is 7.10. The molecule has 0 aliphatic carbocycles. The Morgan fingerprint density at radius 2 is 1.43 bits per heavy atom. The molecule has 0 aliphatic rings. The minimum Gasteiger partial charge on any atom is -0.744 e. The van der Waals surface area contributed by atoms with Gasteiger partial charge in [0.15, 0.2) is 0 Å². The molecule has 0 fully saturated rings. The summed E-state index contributed by atoms with van der Waals surface area (Å²) < 4.78 is 38.5. The van der Waals surface area contributed by atoms with Crippen LogP contribution in [0.15, 0.2) is 92.1 Å². The zero-order chi connectivity index (χ0) is 20.9. The predicted octanol–water partition coefficient (Wildman–Crippen LogP) is 2.14. The molecule has 0 bridgehead atoms. The fourth-order valence-electron chi connectivity index (χ4n) is 2.26. The summed E-state index contributed by atoms with van der Waals surface area (Å²) in [4.78, 5) is -0.378. The van der Waals surface area contributed by atoms with Gasteiger partial charge in [-0.1, -0.05) is 6.07 Å². The van der Waals surface area contributed by atoms with Crippen LogP contribution in [-0.2, 0) is 10.1 Å². The van der Waals surface area contributed by atoms with Gasteiger partial charge in [-0.05, 0) is 54.6 Å². The van der Waals surface area contributed by atoms with Crippen LogP contribution in [0.4, 0.5) is 22.7 Å². The zero-order valence-corrected chi connectivity index (χ0v) is 18.9. The first-order valence-corrected chi connectivity index (χ1v) is 9.62. The Morgan fingerprint density at radius 3 is 2.07 bits per heavy atom. The maximum Gasteiger partial charge on any atom is 1.00 e. The van der Waals surface area contributed by atoms with Crippen LogP contribution in [0.25, 0.3) is 0 Å². The molecule has 0 radical (unpaired) electrons. The maximum atomic E-state index is 11.1. The van der Waals surface area contributed by atoms with E-state index in [0.717, 1.165) is 6.07 Å². The van der Waals surface area contributed by atoms with E-state index in [0.29, 0.717) is 22.8 Å². The predicted molar refractivity (Wildman–Crippen MR) is 104 cm³/mol. The first-order chi connectivity index (χ1) is 13.8. The van der Waals surface area contributed by atoms with Gasteiger partial charge in [0.25, 0.3) is 0 Å². The zero-order valence-electron chi connectivity index (χ0n) is 16.1. The van der Waals surface area contributed by atoms with Gasteiger partial charge in [-0.2, -0.15) is 15.3 Å². The van der Waals surface area contributed by atoms with E-state index in [1.165, 1.54) is 37.4 Å². The molecule has 3 rings (SSSR count). The fraction of sp³-hybridized carbons (Fsp3) is 0.0526. The van der Waals surface area contributed by atoms with E-state index in [4.69, 9.17) is 4.74 Å². The summed E-state index contributed by atoms with van der Waals surface area (Å²) in [5.74, 6) is 0.537. The molecule has 0 saturated carbocycles. The molecule has 11 heteroatoms. The summed E-state index contributed by atoms with van der Waals surface area (Å²) in [6.45, 7) is 0. The van der Waals surface area contributed by atoms with Crippen molar-refractivity contribution < 1.29 is 52.4 Å². The van der Waals surface area contributed by atoms with Crippen molar-refractivity contribution in [2.24, 2.45) is 20.5 Å². The molecule has 0 saturated heterocycles. The molecule has 0 aromatic heterocycles. The number of phenols is 1. The molecule has 1 N–H and O–H groups in total. The third-order valence-corrected chi connectivity index (χ3v) is 4.50. The number of hydrogen-bond donors (Lipinski definition) is 1. The fourth-order valence-corrected chi connectivity index (χ4v) is 2.77. The van der Waals surface area contributed by atoms with E-state index in [1.54, 1.807) is 30.3 Å². The van der Waals surface area contributed by atoms with Gasteiger partial charge in [0, 0.05) is 6.07 Å². The van der Waals surface area contributed by atoms with E-state index in [-0.39, 0.29) is 45.9 Å². The molecule has 30 heavy (non-hydrogen) atoms. The van der Waals surface area contributed by atoms with E-state index in [1.807, 2.05) is 0 Å². The van der Waals surface area contributed by atoms with Crippen molar-refractivity contribution in [3.63, 3.8) is 0 Å². The van der Waals surface area contributed by atoms with Crippen molar-refractivity contribution in [3.05, 3.63) is 66.7 Å². The Balaban J connectivity index is 0.00000320. The summed E-state index contributed by atoms with van der Waals surface area (Å²) >= 11 is 0. The first kappa shape index (κ1) is 23.6. The van der Waals surface area contributed by atoms with Gasteiger partial charge >= 0.3 is 29.6 Å². The Hall–Kier alpha value is -2.63. The second-order valence-electron chi connectivity index (χ2n) is 5.72. The molecule has 9 nitrogen and oxygen atoms in total. The van der Waals surface area contributed by atoms with Crippen molar-refractivity contribution in [1.29, 1.82) is 0 Å². The van der Waals surface area contributed by atoms with E-state index in [2.05, 4.69) is 20.5 Å². The number of ether oxygens (including phenoxy) is 1. The molecule has 148 valence electrons. The summed E-state index contributed by atoms with van der Waals surface area (Å²) in [6.07, 6.45) is 0. The number of methoxy groups -OCH3 is 1. The Morgan fingerprint density at radius 1 is 0.833 bits per heavy atom. The SMILES string of the molecule is COc1cc(N=Nc2cccc(S(=O)(=O)[O-])c2)ccc1N=Nc1ccc(O)cc1.[Na+]. The number of benzene rings is 3. The molecule has 0 atom stereocenters. The van der Waals surface area contributed by atoms with Gasteiger partial charge in [0.05, 0.1) is 29.1 Å². The van der Waals surface area contributed by atoms with Crippen LogP contribution in [0, 0.1) is 0 Å². The molecular weight excluding hydrogens is 419 g/mol. The Labute approximate surface area is 195 Å². The maximum absolute atomic E-state index is 11.1. The third-order valence-electron chi connectivity index (χ3n) is 3.67. The molecular formula is C19H15N4NaO5S. The average Bonchev–Trinajstić information content (AvgIpc) is 2.71. The minimum atomic E-state index is -4.56. The number of azo groups is 2. The average molecular weight is 434 g/mol. The second kappa shape index (κ2) is 10.4. The Kier molecular flexibility index (Phi) is 8.21. The summed E-state index contributed by atoms with van der Waals surface area (Å²) in [6, 6.07) is 16.4. The van der Waals surface area contributed by atoms with Gasteiger partial charge in [-0.15, -0.1) is 5.11 Å². The number of hydrogen-bond acceptors (Lipinski definition) is 9. The van der Waals surface area contributed by atoms with E-state index < -0.39 is 10.1 Å². The summed E-state index contributed by atoms with van der Waals surface area (Å²) in [5.41, 5.74) is 1.67. The van der Waals surface area contributed by atoms with Crippen molar-refractivity contribution in [2.75, 3.05) is 7.11 Å². The van der Waals surface area contributed by atoms with Gasteiger partial charge in [0.2, 0.25) is 0 Å². The monoisotopic (exact) mass is 434 g/mol. The topological polar surface area (TPSA) is 136 Å². The largest absolute Gasteiger partial charge is 1.00 e. The van der Waals surface area contributed by atoms with Crippen LogP contribution < -0.4 is 34.3 Å². The Bertz CT molecular complexity index is 1180. The van der Waals surface area contributed by atoms with Crippen LogP contribution in [-0.4, -0.2) is 25.2 Å². The molecule has 3 aromatic rings. The van der Waals surface area contributed by atoms with Crippen molar-refractivity contribution >= 4 is 32.9 Å². The van der Waals surface area contributed by atoms with Crippen molar-refractivity contribution in [3.8, 4) is 11.5 Å². The van der Waals surface area contributed by atoms with Gasteiger partial charge in [-0.25, -0.2) is 8.42 Å². The molecule has 3 aromatic carbocycles. The summed E-state index contributed by atoms with van der Waals surface area (Å²) in [7, 11) is -3.09. The quantitative estimate of drug-likeness (QED) is 0.360. The molecule has 0 aliphatic heterocycles. The number of rotatable bonds is 6. The van der Waals surface area contributed by atoms with Crippen LogP contribution in [0.2, 0.25) is 0 Å². The molecule has 0 unspecified atom stereocenters. The van der Waals surface area contributed by atoms with Crippen LogP contribution >= 0.6 is 0 Å². The van der Waals surface area contributed by atoms with E-state index >= 15 is 0 Å². The van der Waals surface area contributed by atoms with Gasteiger partial charge < -0.3 is 14.4 Å². The smallest absolute Gasteiger partial charge is 0.744 e. The molecule has 0 spiro atoms. The van der Waals surface area contributed by atoms with Crippen molar-refractivity contribution in [2.45, 2.75) is 4.90 Å². The molecule has 0 amide bonds. The standard InChI is InChI=1S/C19H16N4O5S.Na/c1-28-19-12-15(22-21-14-3-2-4-17(11-14)29(25,26)27)7-10-18(19)23-20-13-5-8-16(24)9-6-13;/h2-12,24H,1H3,(H,25,26,27);/q;+1/p-1. The number of phenolic OH excluding ortho intramolecular Hbond substituents is 1. The molecule has 0 heterocycles. The minimum absolute atomic E-state index is 0. The summed E-state index contributed by atoms with van der Waals surface area (Å²) in [5, 5.41) is 25.5. The normalized spacial score (nSPS) is 11.5.